The van der Waals surface area contributed by atoms with Gasteiger partial charge in [-0.3, -0.25) is 9.36 Å². The van der Waals surface area contributed by atoms with Gasteiger partial charge < -0.3 is 20.8 Å². The van der Waals surface area contributed by atoms with Crippen LogP contribution < -0.4 is 10.6 Å². The van der Waals surface area contributed by atoms with E-state index in [2.05, 4.69) is 10.6 Å². The van der Waals surface area contributed by atoms with Crippen LogP contribution in [-0.4, -0.2) is 32.7 Å². The second-order valence-electron chi connectivity index (χ2n) is 7.91. The van der Waals surface area contributed by atoms with Crippen LogP contribution in [0.15, 0.2) is 91.0 Å². The molecule has 0 unspecified atom stereocenters. The van der Waals surface area contributed by atoms with E-state index in [1.807, 2.05) is 48.5 Å². The van der Waals surface area contributed by atoms with E-state index in [4.69, 9.17) is 0 Å². The Bertz CT molecular complexity index is 1570. The predicted octanol–water partition coefficient (Wildman–Crippen LogP) is 5.53. The maximum absolute atomic E-state index is 13.4. The molecule has 5 rings (SSSR count). The number of amides is 2. The smallest absolute Gasteiger partial charge is 0.335 e. The molecule has 0 aliphatic rings. The number of aromatic nitrogens is 1. The zero-order chi connectivity index (χ0) is 24.5. The monoisotopic (exact) mass is 465 g/mol. The summed E-state index contributed by atoms with van der Waals surface area (Å²) in [6.45, 7) is 0. The Morgan fingerprint density at radius 2 is 1.20 bits per heavy atom. The van der Waals surface area contributed by atoms with Gasteiger partial charge in [-0.05, 0) is 54.6 Å². The molecule has 0 saturated heterocycles. The summed E-state index contributed by atoms with van der Waals surface area (Å²) in [5.41, 5.74) is 1.99. The molecular weight excluding hydrogens is 446 g/mol. The van der Waals surface area contributed by atoms with Crippen LogP contribution in [0.3, 0.4) is 0 Å². The topological polar surface area (TPSA) is 121 Å². The SMILES string of the molecule is O=C(O)c1cc(NC(=O)c2ccc(O)cc2)cc(NC(=O)n2c3ccccc3c3ccccc32)c1. The summed E-state index contributed by atoms with van der Waals surface area (Å²) >= 11 is 0. The Balaban J connectivity index is 1.50. The molecule has 0 spiro atoms. The molecule has 8 nitrogen and oxygen atoms in total. The predicted molar refractivity (Wildman–Crippen MR) is 133 cm³/mol. The molecule has 0 atom stereocenters. The van der Waals surface area contributed by atoms with E-state index in [1.165, 1.54) is 47.0 Å². The van der Waals surface area contributed by atoms with Gasteiger partial charge in [0.25, 0.3) is 5.91 Å². The van der Waals surface area contributed by atoms with Crippen molar-refractivity contribution in [2.45, 2.75) is 0 Å². The quantitative estimate of drug-likeness (QED) is 0.278. The number of carboxylic acid groups (broad SMARTS) is 1. The van der Waals surface area contributed by atoms with Crippen LogP contribution in [0.25, 0.3) is 21.8 Å². The summed E-state index contributed by atoms with van der Waals surface area (Å²) in [4.78, 5) is 37.7. The first-order chi connectivity index (χ1) is 16.9. The highest BCUT2D eigenvalue weighted by Gasteiger charge is 2.17. The number of hydrogen-bond donors (Lipinski definition) is 4. The molecule has 2 amide bonds. The van der Waals surface area contributed by atoms with Crippen molar-refractivity contribution in [3.63, 3.8) is 0 Å². The van der Waals surface area contributed by atoms with E-state index >= 15 is 0 Å². The number of fused-ring (bicyclic) bond motifs is 3. The number of aromatic hydroxyl groups is 1. The summed E-state index contributed by atoms with van der Waals surface area (Å²) in [6.07, 6.45) is 0. The van der Waals surface area contributed by atoms with Gasteiger partial charge in [0.1, 0.15) is 5.75 Å². The van der Waals surface area contributed by atoms with Gasteiger partial charge in [-0.15, -0.1) is 0 Å². The van der Waals surface area contributed by atoms with Crippen molar-refractivity contribution in [1.82, 2.24) is 4.57 Å². The number of phenolic OH excluding ortho intramolecular Hbond substituents is 1. The first-order valence-electron chi connectivity index (χ1n) is 10.7. The molecule has 4 N–H and O–H groups in total. The Morgan fingerprint density at radius 3 is 1.77 bits per heavy atom. The van der Waals surface area contributed by atoms with E-state index in [0.29, 0.717) is 11.0 Å². The van der Waals surface area contributed by atoms with Gasteiger partial charge in [0.15, 0.2) is 0 Å². The average molecular weight is 465 g/mol. The molecule has 35 heavy (non-hydrogen) atoms. The summed E-state index contributed by atoms with van der Waals surface area (Å²) in [5.74, 6) is -1.69. The lowest BCUT2D eigenvalue weighted by Gasteiger charge is -2.12. The van der Waals surface area contributed by atoms with E-state index in [1.54, 1.807) is 0 Å². The molecule has 5 aromatic rings. The average Bonchev–Trinajstić information content (AvgIpc) is 3.19. The van der Waals surface area contributed by atoms with Gasteiger partial charge in [-0.25, -0.2) is 9.59 Å². The number of para-hydroxylation sites is 2. The molecule has 4 aromatic carbocycles. The molecule has 172 valence electrons. The molecule has 1 heterocycles. The van der Waals surface area contributed by atoms with Gasteiger partial charge in [-0.2, -0.15) is 0 Å². The van der Waals surface area contributed by atoms with Gasteiger partial charge in [0, 0.05) is 27.7 Å². The van der Waals surface area contributed by atoms with Crippen molar-refractivity contribution in [1.29, 1.82) is 0 Å². The van der Waals surface area contributed by atoms with Crippen LogP contribution >= 0.6 is 0 Å². The molecule has 8 heteroatoms. The van der Waals surface area contributed by atoms with Crippen molar-refractivity contribution in [3.8, 4) is 5.75 Å². The second kappa shape index (κ2) is 8.68. The molecule has 0 radical (unpaired) electrons. The van der Waals surface area contributed by atoms with Crippen molar-refractivity contribution in [2.75, 3.05) is 10.6 Å². The lowest BCUT2D eigenvalue weighted by Crippen LogP contribution is -2.20. The Morgan fingerprint density at radius 1 is 0.657 bits per heavy atom. The molecule has 1 aromatic heterocycles. The van der Waals surface area contributed by atoms with E-state index < -0.39 is 17.9 Å². The maximum atomic E-state index is 13.4. The zero-order valence-corrected chi connectivity index (χ0v) is 18.2. The minimum Gasteiger partial charge on any atom is -0.508 e. The lowest BCUT2D eigenvalue weighted by molar-refractivity contribution is 0.0696. The highest BCUT2D eigenvalue weighted by Crippen LogP contribution is 2.29. The molecule has 0 aliphatic carbocycles. The summed E-state index contributed by atoms with van der Waals surface area (Å²) in [5, 5.41) is 26.2. The third-order valence-corrected chi connectivity index (χ3v) is 5.60. The van der Waals surface area contributed by atoms with Crippen LogP contribution in [0.5, 0.6) is 5.75 Å². The first-order valence-corrected chi connectivity index (χ1v) is 10.7. The normalized spacial score (nSPS) is 10.9. The zero-order valence-electron chi connectivity index (χ0n) is 18.2. The van der Waals surface area contributed by atoms with Crippen LogP contribution in [0.2, 0.25) is 0 Å². The van der Waals surface area contributed by atoms with Gasteiger partial charge >= 0.3 is 12.0 Å². The molecular formula is C27H19N3O5. The van der Waals surface area contributed by atoms with Crippen molar-refractivity contribution < 1.29 is 24.6 Å². The van der Waals surface area contributed by atoms with Crippen LogP contribution in [0.4, 0.5) is 16.2 Å². The lowest BCUT2D eigenvalue weighted by atomic mass is 10.1. The standard InChI is InChI=1S/C27H19N3O5/c31-20-11-9-16(10-12-20)25(32)28-18-13-17(26(33)34)14-19(15-18)29-27(35)30-23-7-3-1-5-21(23)22-6-2-4-8-24(22)30/h1-15,31H,(H,28,32)(H,29,35)(H,33,34). The van der Waals surface area contributed by atoms with Crippen LogP contribution in [-0.2, 0) is 0 Å². The van der Waals surface area contributed by atoms with Gasteiger partial charge in [0.05, 0.1) is 16.6 Å². The molecule has 0 saturated carbocycles. The summed E-state index contributed by atoms with van der Waals surface area (Å²) < 4.78 is 1.53. The fourth-order valence-electron chi connectivity index (χ4n) is 4.03. The summed E-state index contributed by atoms with van der Waals surface area (Å²) in [6, 6.07) is 24.3. The number of anilines is 2. The number of carboxylic acids is 1. The highest BCUT2D eigenvalue weighted by molar-refractivity contribution is 6.15. The van der Waals surface area contributed by atoms with Gasteiger partial charge in [-0.1, -0.05) is 36.4 Å². The molecule has 0 aliphatic heterocycles. The third kappa shape index (κ3) is 4.16. The minimum absolute atomic E-state index is 0.0180. The second-order valence-corrected chi connectivity index (χ2v) is 7.91. The van der Waals surface area contributed by atoms with Gasteiger partial charge in [0.2, 0.25) is 0 Å². The number of rotatable bonds is 4. The van der Waals surface area contributed by atoms with E-state index in [-0.39, 0.29) is 28.3 Å². The number of aromatic carboxylic acids is 1. The minimum atomic E-state index is -1.21. The van der Waals surface area contributed by atoms with Crippen molar-refractivity contribution >= 4 is 51.1 Å². The fourth-order valence-corrected chi connectivity index (χ4v) is 4.03. The van der Waals surface area contributed by atoms with E-state index in [9.17, 15) is 24.6 Å². The van der Waals surface area contributed by atoms with E-state index in [0.717, 1.165) is 10.8 Å². The maximum Gasteiger partial charge on any atom is 0.335 e. The number of nitrogens with one attached hydrogen (secondary N) is 2. The Kier molecular flexibility index (Phi) is 5.39. The Hall–Kier alpha value is -5.11. The first kappa shape index (κ1) is 21.7. The number of carbonyl (C=O) groups is 3. The highest BCUT2D eigenvalue weighted by atomic mass is 16.4. The number of carbonyl (C=O) groups excluding carboxylic acids is 2. The number of benzene rings is 4. The van der Waals surface area contributed by atoms with Crippen LogP contribution in [0.1, 0.15) is 20.7 Å². The molecule has 0 bridgehead atoms. The third-order valence-electron chi connectivity index (χ3n) is 5.60. The van der Waals surface area contributed by atoms with Crippen LogP contribution in [0, 0.1) is 0 Å². The number of phenols is 1. The fraction of sp³-hybridized carbons (Fsp3) is 0. The molecule has 0 fully saturated rings. The largest absolute Gasteiger partial charge is 0.508 e. The van der Waals surface area contributed by atoms with Crippen molar-refractivity contribution in [2.24, 2.45) is 0 Å². The Labute approximate surface area is 199 Å². The van der Waals surface area contributed by atoms with Crippen molar-refractivity contribution in [3.05, 3.63) is 102 Å². The number of hydrogen-bond acceptors (Lipinski definition) is 4. The number of nitrogens with zero attached hydrogens (tertiary/aromatic N) is 1. The summed E-state index contributed by atoms with van der Waals surface area (Å²) in [7, 11) is 0.